The molecule has 1 unspecified atom stereocenters. The van der Waals surface area contributed by atoms with E-state index in [1.165, 1.54) is 12.5 Å². The Hall–Kier alpha value is -1.37. The highest BCUT2D eigenvalue weighted by Gasteiger charge is 2.19. The summed E-state index contributed by atoms with van der Waals surface area (Å²) in [5, 5.41) is 12.0. The first-order valence-corrected chi connectivity index (χ1v) is 6.55. The second-order valence-corrected chi connectivity index (χ2v) is 4.99. The number of pyridine rings is 1. The number of carbonyl (C=O) groups excluding carboxylic acids is 1. The molecule has 1 atom stereocenters. The van der Waals surface area contributed by atoms with Crippen LogP contribution < -0.4 is 5.32 Å². The number of hydrogen-bond donors (Lipinski definition) is 2. The van der Waals surface area contributed by atoms with Crippen molar-refractivity contribution < 1.29 is 14.3 Å². The van der Waals surface area contributed by atoms with Crippen LogP contribution in [0.25, 0.3) is 0 Å². The van der Waals surface area contributed by atoms with Crippen LogP contribution in [-0.2, 0) is 0 Å². The van der Waals surface area contributed by atoms with Gasteiger partial charge in [-0.15, -0.1) is 0 Å². The fraction of sp³-hybridized carbons (Fsp3) is 0.167. The van der Waals surface area contributed by atoms with Gasteiger partial charge in [0.05, 0.1) is 18.4 Å². The maximum absolute atomic E-state index is 12.1. The number of hydrogen-bond acceptors (Lipinski definition) is 4. The second-order valence-electron chi connectivity index (χ2n) is 3.72. The minimum atomic E-state index is -0.627. The van der Waals surface area contributed by atoms with Crippen molar-refractivity contribution in [3.63, 3.8) is 0 Å². The normalized spacial score (nSPS) is 12.2. The van der Waals surface area contributed by atoms with Crippen LogP contribution in [0.3, 0.4) is 0 Å². The van der Waals surface area contributed by atoms with Gasteiger partial charge in [0.25, 0.3) is 5.91 Å². The van der Waals surface area contributed by atoms with Crippen LogP contribution in [-0.4, -0.2) is 22.6 Å². The molecular formula is C12H10BrClN2O3. The average molecular weight is 346 g/mol. The summed E-state index contributed by atoms with van der Waals surface area (Å²) < 4.78 is 5.78. The van der Waals surface area contributed by atoms with Gasteiger partial charge in [-0.05, 0) is 34.1 Å². The summed E-state index contributed by atoms with van der Waals surface area (Å²) in [4.78, 5) is 15.9. The molecule has 0 aliphatic carbocycles. The van der Waals surface area contributed by atoms with E-state index in [-0.39, 0.29) is 17.3 Å². The lowest BCUT2D eigenvalue weighted by Crippen LogP contribution is -2.30. The van der Waals surface area contributed by atoms with E-state index in [0.29, 0.717) is 10.2 Å². The topological polar surface area (TPSA) is 75.4 Å². The fourth-order valence-corrected chi connectivity index (χ4v) is 2.03. The molecule has 7 heteroatoms. The number of aliphatic hydroxyl groups is 1. The molecule has 0 bridgehead atoms. The quantitative estimate of drug-likeness (QED) is 0.835. The van der Waals surface area contributed by atoms with Crippen molar-refractivity contribution in [1.29, 1.82) is 0 Å². The van der Waals surface area contributed by atoms with Crippen molar-refractivity contribution in [3.8, 4) is 0 Å². The molecule has 5 nitrogen and oxygen atoms in total. The molecule has 0 aliphatic heterocycles. The molecule has 2 heterocycles. The SMILES string of the molecule is O=C(NC(CO)c1ccco1)c1cc(Br)cnc1Cl. The molecule has 0 fully saturated rings. The molecular weight excluding hydrogens is 336 g/mol. The number of nitrogens with one attached hydrogen (secondary N) is 1. The van der Waals surface area contributed by atoms with Gasteiger partial charge in [-0.3, -0.25) is 4.79 Å². The van der Waals surface area contributed by atoms with E-state index < -0.39 is 11.9 Å². The van der Waals surface area contributed by atoms with E-state index in [4.69, 9.17) is 16.0 Å². The third-order valence-corrected chi connectivity index (χ3v) is 3.16. The van der Waals surface area contributed by atoms with Crippen LogP contribution in [0.4, 0.5) is 0 Å². The summed E-state index contributed by atoms with van der Waals surface area (Å²) in [5.74, 6) is 0.0316. The number of nitrogens with zero attached hydrogens (tertiary/aromatic N) is 1. The Morgan fingerprint density at radius 3 is 3.05 bits per heavy atom. The zero-order valence-corrected chi connectivity index (χ0v) is 12.0. The Morgan fingerprint density at radius 2 is 2.42 bits per heavy atom. The van der Waals surface area contributed by atoms with Gasteiger partial charge in [0, 0.05) is 10.7 Å². The number of furan rings is 1. The summed E-state index contributed by atoms with van der Waals surface area (Å²) in [5.41, 5.74) is 0.223. The van der Waals surface area contributed by atoms with Gasteiger partial charge in [-0.2, -0.15) is 0 Å². The van der Waals surface area contributed by atoms with Crippen LogP contribution in [0.5, 0.6) is 0 Å². The standard InChI is InChI=1S/C12H10BrClN2O3/c13-7-4-8(11(14)15-5-7)12(18)16-9(6-17)10-2-1-3-19-10/h1-5,9,17H,6H2,(H,16,18). The predicted molar refractivity (Wildman–Crippen MR) is 72.9 cm³/mol. The van der Waals surface area contributed by atoms with Gasteiger partial charge in [0.2, 0.25) is 0 Å². The van der Waals surface area contributed by atoms with E-state index in [9.17, 15) is 9.90 Å². The molecule has 2 rings (SSSR count). The Balaban J connectivity index is 2.18. The monoisotopic (exact) mass is 344 g/mol. The van der Waals surface area contributed by atoms with Gasteiger partial charge in [-0.1, -0.05) is 11.6 Å². The lowest BCUT2D eigenvalue weighted by molar-refractivity contribution is 0.0907. The van der Waals surface area contributed by atoms with Gasteiger partial charge < -0.3 is 14.8 Å². The van der Waals surface area contributed by atoms with Crippen molar-refractivity contribution in [3.05, 3.63) is 51.6 Å². The van der Waals surface area contributed by atoms with Gasteiger partial charge in [0.15, 0.2) is 0 Å². The Bertz CT molecular complexity index is 574. The minimum absolute atomic E-state index is 0.0943. The molecule has 2 aromatic heterocycles. The second kappa shape index (κ2) is 6.18. The lowest BCUT2D eigenvalue weighted by atomic mass is 10.2. The maximum Gasteiger partial charge on any atom is 0.255 e. The number of carbonyl (C=O) groups is 1. The number of aliphatic hydroxyl groups excluding tert-OH is 1. The van der Waals surface area contributed by atoms with Crippen LogP contribution in [0, 0.1) is 0 Å². The molecule has 0 spiro atoms. The molecule has 1 amide bonds. The molecule has 0 radical (unpaired) electrons. The van der Waals surface area contributed by atoms with Gasteiger partial charge in [-0.25, -0.2) is 4.98 Å². The molecule has 19 heavy (non-hydrogen) atoms. The number of rotatable bonds is 4. The van der Waals surface area contributed by atoms with Crippen molar-refractivity contribution in [2.24, 2.45) is 0 Å². The average Bonchev–Trinajstić information content (AvgIpc) is 2.92. The highest BCUT2D eigenvalue weighted by atomic mass is 79.9. The van der Waals surface area contributed by atoms with E-state index in [0.717, 1.165) is 0 Å². The zero-order chi connectivity index (χ0) is 13.8. The van der Waals surface area contributed by atoms with E-state index in [1.807, 2.05) is 0 Å². The van der Waals surface area contributed by atoms with Crippen molar-refractivity contribution >= 4 is 33.4 Å². The summed E-state index contributed by atoms with van der Waals surface area (Å²) in [6, 6.07) is 4.28. The third-order valence-electron chi connectivity index (χ3n) is 2.42. The van der Waals surface area contributed by atoms with Crippen molar-refractivity contribution in [2.45, 2.75) is 6.04 Å². The Labute approximate surface area is 122 Å². The summed E-state index contributed by atoms with van der Waals surface area (Å²) >= 11 is 9.08. The zero-order valence-electron chi connectivity index (χ0n) is 9.64. The lowest BCUT2D eigenvalue weighted by Gasteiger charge is -2.14. The molecule has 0 saturated carbocycles. The van der Waals surface area contributed by atoms with Crippen LogP contribution in [0.2, 0.25) is 5.15 Å². The van der Waals surface area contributed by atoms with Crippen LogP contribution >= 0.6 is 27.5 Å². The van der Waals surface area contributed by atoms with E-state index >= 15 is 0 Å². The van der Waals surface area contributed by atoms with E-state index in [1.54, 1.807) is 18.2 Å². The fourth-order valence-electron chi connectivity index (χ4n) is 1.51. The summed E-state index contributed by atoms with van der Waals surface area (Å²) in [6.45, 7) is -0.279. The first-order chi connectivity index (χ1) is 9.11. The number of aromatic nitrogens is 1. The molecule has 2 N–H and O–H groups in total. The highest BCUT2D eigenvalue weighted by molar-refractivity contribution is 9.10. The maximum atomic E-state index is 12.1. The van der Waals surface area contributed by atoms with Crippen LogP contribution in [0.1, 0.15) is 22.2 Å². The molecule has 0 saturated heterocycles. The molecule has 100 valence electrons. The van der Waals surface area contributed by atoms with E-state index in [2.05, 4.69) is 26.2 Å². The molecule has 2 aromatic rings. The first kappa shape index (κ1) is 14.0. The molecule has 0 aliphatic rings. The first-order valence-electron chi connectivity index (χ1n) is 5.38. The predicted octanol–water partition coefficient (Wildman–Crippen LogP) is 2.55. The van der Waals surface area contributed by atoms with Crippen LogP contribution in [0.15, 0.2) is 39.5 Å². The van der Waals surface area contributed by atoms with Crippen molar-refractivity contribution in [1.82, 2.24) is 10.3 Å². The van der Waals surface area contributed by atoms with Gasteiger partial charge in [0.1, 0.15) is 17.0 Å². The van der Waals surface area contributed by atoms with Gasteiger partial charge >= 0.3 is 0 Å². The summed E-state index contributed by atoms with van der Waals surface area (Å²) in [6.07, 6.45) is 2.97. The smallest absolute Gasteiger partial charge is 0.255 e. The largest absolute Gasteiger partial charge is 0.467 e. The number of halogens is 2. The third kappa shape index (κ3) is 3.34. The highest BCUT2D eigenvalue weighted by Crippen LogP contribution is 2.20. The Kier molecular flexibility index (Phi) is 4.57. The summed E-state index contributed by atoms with van der Waals surface area (Å²) in [7, 11) is 0. The minimum Gasteiger partial charge on any atom is -0.467 e. The number of amides is 1. The molecule has 0 aromatic carbocycles. The van der Waals surface area contributed by atoms with Crippen molar-refractivity contribution in [2.75, 3.05) is 6.61 Å². The Morgan fingerprint density at radius 1 is 1.63 bits per heavy atom.